The second-order valence-corrected chi connectivity index (χ2v) is 7.13. The van der Waals surface area contributed by atoms with Crippen LogP contribution in [-0.4, -0.2) is 0 Å². The van der Waals surface area contributed by atoms with Crippen LogP contribution < -0.4 is 10.9 Å². The molecule has 0 unspecified atom stereocenters. The third kappa shape index (κ3) is 3.70. The van der Waals surface area contributed by atoms with Crippen molar-refractivity contribution in [1.82, 2.24) is 5.32 Å². The molecule has 0 radical (unpaired) electrons. The van der Waals surface area contributed by atoms with Gasteiger partial charge in [0.1, 0.15) is 11.4 Å². The van der Waals surface area contributed by atoms with Crippen molar-refractivity contribution in [2.24, 2.45) is 5.92 Å². The molecule has 0 fully saturated rings. The summed E-state index contributed by atoms with van der Waals surface area (Å²) >= 11 is 0. The molecule has 0 aliphatic rings. The monoisotopic (exact) mass is 353 g/mol. The van der Waals surface area contributed by atoms with Crippen LogP contribution >= 0.6 is 0 Å². The molecule has 0 spiro atoms. The minimum absolute atomic E-state index is 0.0597. The quantitative estimate of drug-likeness (QED) is 0.654. The van der Waals surface area contributed by atoms with Gasteiger partial charge < -0.3 is 9.73 Å². The fourth-order valence-electron chi connectivity index (χ4n) is 3.30. The van der Waals surface area contributed by atoms with Gasteiger partial charge in [0.2, 0.25) is 0 Å². The third-order valence-corrected chi connectivity index (χ3v) is 4.93. The van der Waals surface area contributed by atoms with Gasteiger partial charge in [0.15, 0.2) is 0 Å². The lowest BCUT2D eigenvalue weighted by atomic mass is 9.95. The van der Waals surface area contributed by atoms with Crippen LogP contribution in [0.15, 0.2) is 51.7 Å². The van der Waals surface area contributed by atoms with Gasteiger partial charge in [0, 0.05) is 24.0 Å². The fraction of sp³-hybridized carbons (Fsp3) is 0.318. The van der Waals surface area contributed by atoms with E-state index in [-0.39, 0.29) is 17.5 Å². The first kappa shape index (κ1) is 18.3. The molecule has 1 heterocycles. The summed E-state index contributed by atoms with van der Waals surface area (Å²) < 4.78 is 18.7. The van der Waals surface area contributed by atoms with E-state index in [2.05, 4.69) is 19.2 Å². The molecule has 136 valence electrons. The number of hydrogen-bond donors (Lipinski definition) is 1. The van der Waals surface area contributed by atoms with E-state index in [0.717, 1.165) is 27.6 Å². The molecule has 0 amide bonds. The Hall–Kier alpha value is -2.46. The number of hydrogen-bond acceptors (Lipinski definition) is 3. The van der Waals surface area contributed by atoms with Gasteiger partial charge in [-0.25, -0.2) is 9.18 Å². The van der Waals surface area contributed by atoms with Crippen molar-refractivity contribution in [2.45, 2.75) is 40.3 Å². The van der Waals surface area contributed by atoms with E-state index in [4.69, 9.17) is 4.42 Å². The summed E-state index contributed by atoms with van der Waals surface area (Å²) in [5.74, 6) is 0.0737. The van der Waals surface area contributed by atoms with E-state index in [1.807, 2.05) is 26.0 Å². The maximum absolute atomic E-state index is 13.2. The van der Waals surface area contributed by atoms with Crippen LogP contribution in [0.25, 0.3) is 11.0 Å². The average molecular weight is 353 g/mol. The van der Waals surface area contributed by atoms with Gasteiger partial charge in [-0.3, -0.25) is 0 Å². The molecule has 3 rings (SSSR count). The molecular weight excluding hydrogens is 329 g/mol. The highest BCUT2D eigenvalue weighted by molar-refractivity contribution is 5.83. The number of fused-ring (bicyclic) bond motifs is 1. The molecule has 0 saturated carbocycles. The number of benzene rings is 2. The van der Waals surface area contributed by atoms with Crippen molar-refractivity contribution in [3.63, 3.8) is 0 Å². The zero-order chi connectivity index (χ0) is 18.8. The number of rotatable bonds is 5. The molecule has 1 atom stereocenters. The molecule has 26 heavy (non-hydrogen) atoms. The lowest BCUT2D eigenvalue weighted by Crippen LogP contribution is -2.26. The normalized spacial score (nSPS) is 12.7. The molecule has 0 aliphatic heterocycles. The first-order valence-electron chi connectivity index (χ1n) is 8.88. The van der Waals surface area contributed by atoms with Gasteiger partial charge in [-0.1, -0.05) is 38.1 Å². The topological polar surface area (TPSA) is 42.2 Å². The van der Waals surface area contributed by atoms with Crippen LogP contribution in [0.3, 0.4) is 0 Å². The Bertz CT molecular complexity index is 974. The minimum Gasteiger partial charge on any atom is -0.422 e. The van der Waals surface area contributed by atoms with Gasteiger partial charge in [0.25, 0.3) is 0 Å². The Balaban J connectivity index is 1.94. The number of aryl methyl sites for hydroxylation is 2. The zero-order valence-electron chi connectivity index (χ0n) is 15.6. The predicted octanol–water partition coefficient (Wildman–Crippen LogP) is 5.04. The van der Waals surface area contributed by atoms with Crippen molar-refractivity contribution < 1.29 is 8.81 Å². The largest absolute Gasteiger partial charge is 0.422 e. The van der Waals surface area contributed by atoms with Crippen molar-refractivity contribution in [2.75, 3.05) is 0 Å². The van der Waals surface area contributed by atoms with Gasteiger partial charge in [-0.15, -0.1) is 0 Å². The van der Waals surface area contributed by atoms with Gasteiger partial charge >= 0.3 is 5.63 Å². The third-order valence-electron chi connectivity index (χ3n) is 4.93. The van der Waals surface area contributed by atoms with E-state index < -0.39 is 0 Å². The number of nitrogens with one attached hydrogen (secondary N) is 1. The highest BCUT2D eigenvalue weighted by Gasteiger charge is 2.17. The summed E-state index contributed by atoms with van der Waals surface area (Å²) in [5.41, 5.74) is 4.33. The Morgan fingerprint density at radius 2 is 1.77 bits per heavy atom. The lowest BCUT2D eigenvalue weighted by molar-refractivity contribution is 0.410. The molecular formula is C22H24FNO2. The average Bonchev–Trinajstić information content (AvgIpc) is 2.60. The molecule has 0 bridgehead atoms. The second-order valence-electron chi connectivity index (χ2n) is 7.13. The van der Waals surface area contributed by atoms with Crippen LogP contribution in [0.4, 0.5) is 4.39 Å². The van der Waals surface area contributed by atoms with Crippen LogP contribution in [0, 0.1) is 25.6 Å². The summed E-state index contributed by atoms with van der Waals surface area (Å²) in [7, 11) is 0. The molecule has 0 saturated heterocycles. The molecule has 3 nitrogen and oxygen atoms in total. The van der Waals surface area contributed by atoms with E-state index in [1.165, 1.54) is 12.1 Å². The second kappa shape index (κ2) is 7.42. The van der Waals surface area contributed by atoms with Crippen molar-refractivity contribution in [3.05, 3.63) is 81.0 Å². The Morgan fingerprint density at radius 1 is 1.08 bits per heavy atom. The maximum Gasteiger partial charge on any atom is 0.336 e. The summed E-state index contributed by atoms with van der Waals surface area (Å²) in [6.45, 7) is 8.74. The zero-order valence-corrected chi connectivity index (χ0v) is 15.6. The van der Waals surface area contributed by atoms with Crippen molar-refractivity contribution >= 4 is 11.0 Å². The van der Waals surface area contributed by atoms with Crippen molar-refractivity contribution in [1.29, 1.82) is 0 Å². The van der Waals surface area contributed by atoms with E-state index in [0.29, 0.717) is 18.0 Å². The Labute approximate surface area is 152 Å². The lowest BCUT2D eigenvalue weighted by Gasteiger charge is -2.23. The highest BCUT2D eigenvalue weighted by atomic mass is 19.1. The Kier molecular flexibility index (Phi) is 5.23. The molecule has 3 aromatic rings. The van der Waals surface area contributed by atoms with Crippen LogP contribution in [0.5, 0.6) is 0 Å². The minimum atomic E-state index is -0.342. The smallest absolute Gasteiger partial charge is 0.336 e. The maximum atomic E-state index is 13.2. The molecule has 2 aromatic carbocycles. The summed E-state index contributed by atoms with van der Waals surface area (Å²) in [4.78, 5) is 12.0. The highest BCUT2D eigenvalue weighted by Crippen LogP contribution is 2.26. The van der Waals surface area contributed by atoms with Gasteiger partial charge in [-0.2, -0.15) is 0 Å². The fourth-order valence-corrected chi connectivity index (χ4v) is 3.30. The molecule has 0 aliphatic carbocycles. The van der Waals surface area contributed by atoms with Crippen LogP contribution in [0.2, 0.25) is 0 Å². The van der Waals surface area contributed by atoms with Crippen molar-refractivity contribution in [3.8, 4) is 0 Å². The van der Waals surface area contributed by atoms with E-state index in [9.17, 15) is 9.18 Å². The Morgan fingerprint density at radius 3 is 2.42 bits per heavy atom. The first-order chi connectivity index (χ1) is 12.4. The first-order valence-corrected chi connectivity index (χ1v) is 8.88. The SMILES string of the molecule is Cc1ccc2c(CN[C@@H](c3ccc(F)cc3)C(C)C)cc(=O)oc2c1C. The van der Waals surface area contributed by atoms with Crippen LogP contribution in [0.1, 0.15) is 42.1 Å². The standard InChI is InChI=1S/C22H24FNO2/c1-13(2)21(16-6-8-18(23)9-7-16)24-12-17-11-20(25)26-22-15(4)14(3)5-10-19(17)22/h5-11,13,21,24H,12H2,1-4H3/t21-/m1/s1. The van der Waals surface area contributed by atoms with Gasteiger partial charge in [-0.05, 0) is 54.2 Å². The molecule has 4 heteroatoms. The van der Waals surface area contributed by atoms with Gasteiger partial charge in [0.05, 0.1) is 0 Å². The molecule has 1 aromatic heterocycles. The predicted molar refractivity (Wildman–Crippen MR) is 103 cm³/mol. The summed E-state index contributed by atoms with van der Waals surface area (Å²) in [6.07, 6.45) is 0. The number of halogens is 1. The van der Waals surface area contributed by atoms with Crippen LogP contribution in [-0.2, 0) is 6.54 Å². The van der Waals surface area contributed by atoms with E-state index in [1.54, 1.807) is 18.2 Å². The summed E-state index contributed by atoms with van der Waals surface area (Å²) in [6, 6.07) is 12.2. The van der Waals surface area contributed by atoms with E-state index >= 15 is 0 Å². The summed E-state index contributed by atoms with van der Waals surface area (Å²) in [5, 5.41) is 4.47. The molecule has 1 N–H and O–H groups in total.